The zero-order valence-electron chi connectivity index (χ0n) is 14.9. The van der Waals surface area contributed by atoms with Crippen LogP contribution in [0.2, 0.25) is 0 Å². The van der Waals surface area contributed by atoms with E-state index in [1.54, 1.807) is 17.0 Å². The predicted molar refractivity (Wildman–Crippen MR) is 97.8 cm³/mol. The summed E-state index contributed by atoms with van der Waals surface area (Å²) in [6, 6.07) is 12.8. The Morgan fingerprint density at radius 3 is 2.60 bits per heavy atom. The summed E-state index contributed by atoms with van der Waals surface area (Å²) >= 11 is 0. The van der Waals surface area contributed by atoms with Gasteiger partial charge in [0.2, 0.25) is 0 Å². The van der Waals surface area contributed by atoms with E-state index in [1.807, 2.05) is 51.1 Å². The molecule has 1 N–H and O–H groups in total. The smallest absolute Gasteiger partial charge is 0.264 e. The molecule has 25 heavy (non-hydrogen) atoms. The van der Waals surface area contributed by atoms with Gasteiger partial charge in [0.05, 0.1) is 12.1 Å². The first kappa shape index (κ1) is 17.4. The lowest BCUT2D eigenvalue weighted by Crippen LogP contribution is -2.42. The molecule has 1 unspecified atom stereocenters. The molecule has 2 aromatic rings. The number of aryl methyl sites for hydroxylation is 2. The first-order valence-corrected chi connectivity index (χ1v) is 8.62. The quantitative estimate of drug-likeness (QED) is 0.849. The second kappa shape index (κ2) is 6.45. The number of carbonyl (C=O) groups excluding carboxylic acids is 2. The maximum Gasteiger partial charge on any atom is 0.264 e. The van der Waals surface area contributed by atoms with Gasteiger partial charge in [-0.05, 0) is 38.0 Å². The summed E-state index contributed by atoms with van der Waals surface area (Å²) in [5, 5.41) is 11.2. The van der Waals surface area contributed by atoms with Gasteiger partial charge in [-0.15, -0.1) is 0 Å². The van der Waals surface area contributed by atoms with Crippen LogP contribution in [-0.4, -0.2) is 23.3 Å². The molecular weight excluding hydrogens is 314 g/mol. The number of aliphatic hydroxyl groups is 1. The Morgan fingerprint density at radius 1 is 1.16 bits per heavy atom. The molecule has 0 aliphatic carbocycles. The Balaban J connectivity index is 2.00. The van der Waals surface area contributed by atoms with E-state index in [2.05, 4.69) is 0 Å². The van der Waals surface area contributed by atoms with E-state index < -0.39 is 11.5 Å². The number of rotatable bonds is 5. The minimum absolute atomic E-state index is 0.217. The molecular formula is C21H23NO3. The monoisotopic (exact) mass is 337 g/mol. The SMILES string of the molecule is CCCN1C(=O)C(O)(CC(=O)c2cc(C)ccc2C)c2ccccc21. The fourth-order valence-electron chi connectivity index (χ4n) is 3.49. The fourth-order valence-corrected chi connectivity index (χ4v) is 3.49. The Kier molecular flexibility index (Phi) is 4.48. The van der Waals surface area contributed by atoms with Gasteiger partial charge in [0, 0.05) is 17.7 Å². The molecule has 1 amide bonds. The van der Waals surface area contributed by atoms with Crippen molar-refractivity contribution in [2.24, 2.45) is 0 Å². The van der Waals surface area contributed by atoms with Crippen LogP contribution >= 0.6 is 0 Å². The van der Waals surface area contributed by atoms with Gasteiger partial charge in [0.15, 0.2) is 11.4 Å². The zero-order chi connectivity index (χ0) is 18.2. The van der Waals surface area contributed by atoms with Crippen molar-refractivity contribution in [2.75, 3.05) is 11.4 Å². The molecule has 4 heteroatoms. The number of benzene rings is 2. The molecule has 130 valence electrons. The fraction of sp³-hybridized carbons (Fsp3) is 0.333. The van der Waals surface area contributed by atoms with Crippen molar-refractivity contribution < 1.29 is 14.7 Å². The van der Waals surface area contributed by atoms with Crippen LogP contribution in [0.5, 0.6) is 0 Å². The van der Waals surface area contributed by atoms with E-state index in [9.17, 15) is 14.7 Å². The Morgan fingerprint density at radius 2 is 1.88 bits per heavy atom. The van der Waals surface area contributed by atoms with Crippen LogP contribution in [0.1, 0.15) is 46.8 Å². The number of carbonyl (C=O) groups is 2. The highest BCUT2D eigenvalue weighted by molar-refractivity contribution is 6.11. The van der Waals surface area contributed by atoms with E-state index in [-0.39, 0.29) is 12.2 Å². The summed E-state index contributed by atoms with van der Waals surface area (Å²) < 4.78 is 0. The predicted octanol–water partition coefficient (Wildman–Crippen LogP) is 3.52. The molecule has 1 aliphatic heterocycles. The van der Waals surface area contributed by atoms with Crippen LogP contribution in [0.25, 0.3) is 0 Å². The maximum atomic E-state index is 12.9. The minimum Gasteiger partial charge on any atom is -0.375 e. The highest BCUT2D eigenvalue weighted by Gasteiger charge is 2.50. The second-order valence-electron chi connectivity index (χ2n) is 6.75. The minimum atomic E-state index is -1.79. The highest BCUT2D eigenvalue weighted by atomic mass is 16.3. The molecule has 0 saturated carbocycles. The Labute approximate surface area is 148 Å². The van der Waals surface area contributed by atoms with Gasteiger partial charge in [-0.2, -0.15) is 0 Å². The maximum absolute atomic E-state index is 12.9. The molecule has 4 nitrogen and oxygen atoms in total. The Bertz CT molecular complexity index is 843. The molecule has 0 saturated heterocycles. The molecule has 0 aromatic heterocycles. The zero-order valence-corrected chi connectivity index (χ0v) is 14.9. The summed E-state index contributed by atoms with van der Waals surface area (Å²) in [7, 11) is 0. The van der Waals surface area contributed by atoms with Gasteiger partial charge >= 0.3 is 0 Å². The molecule has 0 fully saturated rings. The normalized spacial score (nSPS) is 19.2. The van der Waals surface area contributed by atoms with Crippen LogP contribution in [0.3, 0.4) is 0 Å². The number of hydrogen-bond donors (Lipinski definition) is 1. The van der Waals surface area contributed by atoms with Crippen LogP contribution in [0.4, 0.5) is 5.69 Å². The van der Waals surface area contributed by atoms with Crippen molar-refractivity contribution in [1.29, 1.82) is 0 Å². The number of ketones is 1. The molecule has 0 radical (unpaired) electrons. The van der Waals surface area contributed by atoms with Crippen LogP contribution < -0.4 is 4.90 Å². The van der Waals surface area contributed by atoms with E-state index in [0.717, 1.165) is 17.5 Å². The number of amides is 1. The summed E-state index contributed by atoms with van der Waals surface area (Å²) in [6.45, 7) is 6.29. The third-order valence-corrected chi connectivity index (χ3v) is 4.80. The van der Waals surface area contributed by atoms with Gasteiger partial charge in [-0.3, -0.25) is 9.59 Å². The molecule has 1 atom stereocenters. The largest absolute Gasteiger partial charge is 0.375 e. The second-order valence-corrected chi connectivity index (χ2v) is 6.75. The van der Waals surface area contributed by atoms with Crippen molar-refractivity contribution in [3.05, 3.63) is 64.7 Å². The first-order valence-electron chi connectivity index (χ1n) is 8.62. The standard InChI is InChI=1S/C21H23NO3/c1-4-11-22-18-8-6-5-7-17(18)21(25,20(22)24)13-19(23)16-12-14(2)9-10-15(16)3/h5-10,12,25H,4,11,13H2,1-3H3. The van der Waals surface area contributed by atoms with Crippen molar-refractivity contribution in [3.63, 3.8) is 0 Å². The van der Waals surface area contributed by atoms with Crippen LogP contribution in [-0.2, 0) is 10.4 Å². The summed E-state index contributed by atoms with van der Waals surface area (Å²) in [6.07, 6.45) is 0.536. The number of Topliss-reactive ketones (excluding diaryl/α,β-unsaturated/α-hetero) is 1. The van der Waals surface area contributed by atoms with E-state index in [0.29, 0.717) is 23.4 Å². The number of fused-ring (bicyclic) bond motifs is 1. The highest BCUT2D eigenvalue weighted by Crippen LogP contribution is 2.43. The summed E-state index contributed by atoms with van der Waals surface area (Å²) in [4.78, 5) is 27.4. The van der Waals surface area contributed by atoms with Crippen molar-refractivity contribution in [2.45, 2.75) is 39.2 Å². The third kappa shape index (κ3) is 2.87. The molecule has 1 heterocycles. The lowest BCUT2D eigenvalue weighted by Gasteiger charge is -2.23. The molecule has 2 aromatic carbocycles. The summed E-state index contributed by atoms with van der Waals surface area (Å²) in [5.74, 6) is -0.626. The average Bonchev–Trinajstić information content (AvgIpc) is 2.80. The lowest BCUT2D eigenvalue weighted by molar-refractivity contribution is -0.135. The van der Waals surface area contributed by atoms with E-state index >= 15 is 0 Å². The molecule has 0 spiro atoms. The van der Waals surface area contributed by atoms with Crippen LogP contribution in [0.15, 0.2) is 42.5 Å². The van der Waals surface area contributed by atoms with E-state index in [1.165, 1.54) is 0 Å². The number of hydrogen-bond acceptors (Lipinski definition) is 3. The van der Waals surface area contributed by atoms with Gasteiger partial charge in [-0.1, -0.05) is 42.8 Å². The van der Waals surface area contributed by atoms with Gasteiger partial charge < -0.3 is 10.0 Å². The average molecular weight is 337 g/mol. The van der Waals surface area contributed by atoms with Crippen molar-refractivity contribution in [1.82, 2.24) is 0 Å². The topological polar surface area (TPSA) is 57.6 Å². The number of anilines is 1. The Hall–Kier alpha value is -2.46. The number of nitrogens with zero attached hydrogens (tertiary/aromatic N) is 1. The summed E-state index contributed by atoms with van der Waals surface area (Å²) in [5.41, 5.74) is 1.82. The van der Waals surface area contributed by atoms with Gasteiger partial charge in [-0.25, -0.2) is 0 Å². The molecule has 1 aliphatic rings. The lowest BCUT2D eigenvalue weighted by atomic mass is 9.87. The molecule has 3 rings (SSSR count). The van der Waals surface area contributed by atoms with Crippen LogP contribution in [0, 0.1) is 13.8 Å². The van der Waals surface area contributed by atoms with Crippen molar-refractivity contribution in [3.8, 4) is 0 Å². The van der Waals surface area contributed by atoms with E-state index in [4.69, 9.17) is 0 Å². The number of para-hydroxylation sites is 1. The first-order chi connectivity index (χ1) is 11.9. The van der Waals surface area contributed by atoms with Crippen molar-refractivity contribution >= 4 is 17.4 Å². The third-order valence-electron chi connectivity index (χ3n) is 4.80. The van der Waals surface area contributed by atoms with Gasteiger partial charge in [0.1, 0.15) is 0 Å². The molecule has 0 bridgehead atoms. The van der Waals surface area contributed by atoms with Gasteiger partial charge in [0.25, 0.3) is 5.91 Å².